The van der Waals surface area contributed by atoms with Crippen molar-refractivity contribution in [1.82, 2.24) is 19.7 Å². The summed E-state index contributed by atoms with van der Waals surface area (Å²) < 4.78 is 29.3. The predicted octanol–water partition coefficient (Wildman–Crippen LogP) is 3.69. The summed E-state index contributed by atoms with van der Waals surface area (Å²) in [6.45, 7) is 2.36. The van der Waals surface area contributed by atoms with E-state index in [4.69, 9.17) is 0 Å². The molecule has 0 spiro atoms. The number of piperidine rings is 1. The number of rotatable bonds is 5. The van der Waals surface area contributed by atoms with E-state index in [0.717, 1.165) is 50.2 Å². The molecule has 1 aliphatic carbocycles. The average Bonchev–Trinajstić information content (AvgIpc) is 3.27. The molecular formula is C18H22F2N4. The summed E-state index contributed by atoms with van der Waals surface area (Å²) in [5.74, 6) is 0.741. The summed E-state index contributed by atoms with van der Waals surface area (Å²) in [6, 6.07) is 3.99. The minimum absolute atomic E-state index is 0.157. The van der Waals surface area contributed by atoms with E-state index in [1.807, 2.05) is 6.33 Å². The molecule has 0 radical (unpaired) electrons. The van der Waals surface area contributed by atoms with Gasteiger partial charge in [0.1, 0.15) is 23.8 Å². The van der Waals surface area contributed by atoms with Crippen molar-refractivity contribution in [2.75, 3.05) is 6.54 Å². The van der Waals surface area contributed by atoms with E-state index in [2.05, 4.69) is 19.7 Å². The Morgan fingerprint density at radius 1 is 1.12 bits per heavy atom. The summed E-state index contributed by atoms with van der Waals surface area (Å²) in [5, 5.41) is 8.48. The van der Waals surface area contributed by atoms with Crippen molar-refractivity contribution < 1.29 is 8.78 Å². The molecule has 0 amide bonds. The summed E-state index contributed by atoms with van der Waals surface area (Å²) >= 11 is 0. The van der Waals surface area contributed by atoms with Gasteiger partial charge in [-0.05, 0) is 44.2 Å². The van der Waals surface area contributed by atoms with Gasteiger partial charge in [0.2, 0.25) is 0 Å². The average molecular weight is 332 g/mol. The number of likely N-dealkylation sites (tertiary alicyclic amines) is 1. The number of nitrogens with zero attached hydrogens (tertiary/aromatic N) is 4. The zero-order valence-electron chi connectivity index (χ0n) is 13.7. The molecule has 0 unspecified atom stereocenters. The maximum absolute atomic E-state index is 14.0. The van der Waals surface area contributed by atoms with Gasteiger partial charge in [-0.1, -0.05) is 12.5 Å². The van der Waals surface area contributed by atoms with E-state index in [9.17, 15) is 8.78 Å². The molecule has 6 heteroatoms. The van der Waals surface area contributed by atoms with Crippen molar-refractivity contribution in [1.29, 1.82) is 0 Å². The van der Waals surface area contributed by atoms with Crippen LogP contribution in [0, 0.1) is 17.6 Å². The highest BCUT2D eigenvalue weighted by atomic mass is 19.1. The Hall–Kier alpha value is -1.82. The van der Waals surface area contributed by atoms with Crippen molar-refractivity contribution in [3.63, 3.8) is 0 Å². The standard InChI is InChI=1S/C18H22F2N4/c19-15-7-6-14(16(20)9-15)11-23-8-2-1-3-17(23)18-22-21-12-24(18)10-13-4-5-13/h6-7,9,12-13,17H,1-5,8,10-11H2/t17-/m1/s1. The maximum Gasteiger partial charge on any atom is 0.150 e. The van der Waals surface area contributed by atoms with Crippen LogP contribution in [-0.4, -0.2) is 26.2 Å². The molecular weight excluding hydrogens is 310 g/mol. The van der Waals surface area contributed by atoms with Crippen LogP contribution in [0.25, 0.3) is 0 Å². The van der Waals surface area contributed by atoms with Gasteiger partial charge < -0.3 is 4.57 Å². The van der Waals surface area contributed by atoms with E-state index < -0.39 is 11.6 Å². The molecule has 2 heterocycles. The monoisotopic (exact) mass is 332 g/mol. The van der Waals surface area contributed by atoms with E-state index in [0.29, 0.717) is 12.1 Å². The zero-order valence-corrected chi connectivity index (χ0v) is 13.7. The topological polar surface area (TPSA) is 34.0 Å². The Morgan fingerprint density at radius 3 is 2.79 bits per heavy atom. The first-order chi connectivity index (χ1) is 11.7. The van der Waals surface area contributed by atoms with Crippen molar-refractivity contribution in [2.45, 2.75) is 51.2 Å². The first-order valence-electron chi connectivity index (χ1n) is 8.76. The third-order valence-corrected chi connectivity index (χ3v) is 5.10. The number of aromatic nitrogens is 3. The normalized spacial score (nSPS) is 22.0. The summed E-state index contributed by atoms with van der Waals surface area (Å²) in [4.78, 5) is 2.26. The van der Waals surface area contributed by atoms with Crippen LogP contribution >= 0.6 is 0 Å². The second-order valence-electron chi connectivity index (χ2n) is 7.00. The molecule has 1 saturated carbocycles. The third kappa shape index (κ3) is 3.34. The van der Waals surface area contributed by atoms with Crippen LogP contribution < -0.4 is 0 Å². The Kier molecular flexibility index (Phi) is 4.31. The van der Waals surface area contributed by atoms with Crippen molar-refractivity contribution in [2.24, 2.45) is 5.92 Å². The van der Waals surface area contributed by atoms with Gasteiger partial charge in [0.15, 0.2) is 0 Å². The van der Waals surface area contributed by atoms with Gasteiger partial charge in [-0.25, -0.2) is 8.78 Å². The van der Waals surface area contributed by atoms with Crippen LogP contribution in [0.3, 0.4) is 0 Å². The molecule has 128 valence electrons. The largest absolute Gasteiger partial charge is 0.316 e. The molecule has 1 aliphatic heterocycles. The molecule has 1 saturated heterocycles. The van der Waals surface area contributed by atoms with Gasteiger partial charge in [-0.15, -0.1) is 10.2 Å². The van der Waals surface area contributed by atoms with Gasteiger partial charge >= 0.3 is 0 Å². The van der Waals surface area contributed by atoms with Gasteiger partial charge in [-0.2, -0.15) is 0 Å². The van der Waals surface area contributed by atoms with Crippen LogP contribution in [0.4, 0.5) is 8.78 Å². The highest BCUT2D eigenvalue weighted by Gasteiger charge is 2.30. The second-order valence-corrected chi connectivity index (χ2v) is 7.00. The van der Waals surface area contributed by atoms with E-state index in [-0.39, 0.29) is 6.04 Å². The van der Waals surface area contributed by atoms with E-state index >= 15 is 0 Å². The van der Waals surface area contributed by atoms with E-state index in [1.54, 1.807) is 6.07 Å². The molecule has 2 aromatic rings. The van der Waals surface area contributed by atoms with Crippen molar-refractivity contribution in [3.8, 4) is 0 Å². The third-order valence-electron chi connectivity index (χ3n) is 5.10. The van der Waals surface area contributed by atoms with Crippen molar-refractivity contribution in [3.05, 3.63) is 47.5 Å². The first-order valence-corrected chi connectivity index (χ1v) is 8.76. The fourth-order valence-corrected chi connectivity index (χ4v) is 3.58. The Balaban J connectivity index is 1.55. The predicted molar refractivity (Wildman–Crippen MR) is 86.1 cm³/mol. The lowest BCUT2D eigenvalue weighted by Crippen LogP contribution is -2.35. The first kappa shape index (κ1) is 15.7. The summed E-state index contributed by atoms with van der Waals surface area (Å²) in [6.07, 6.45) is 7.63. The lowest BCUT2D eigenvalue weighted by atomic mass is 10.00. The zero-order chi connectivity index (χ0) is 16.5. The second kappa shape index (κ2) is 6.59. The fourth-order valence-electron chi connectivity index (χ4n) is 3.58. The molecule has 4 rings (SSSR count). The van der Waals surface area contributed by atoms with Gasteiger partial charge in [-0.3, -0.25) is 4.90 Å². The van der Waals surface area contributed by atoms with Crippen LogP contribution in [0.2, 0.25) is 0 Å². The molecule has 1 aromatic heterocycles. The van der Waals surface area contributed by atoms with E-state index in [1.165, 1.54) is 18.9 Å². The smallest absolute Gasteiger partial charge is 0.150 e. The van der Waals surface area contributed by atoms with Crippen molar-refractivity contribution >= 4 is 0 Å². The molecule has 0 bridgehead atoms. The molecule has 2 fully saturated rings. The van der Waals surface area contributed by atoms with Gasteiger partial charge in [0.25, 0.3) is 0 Å². The van der Waals surface area contributed by atoms with Gasteiger partial charge in [0, 0.05) is 24.7 Å². The van der Waals surface area contributed by atoms with Crippen LogP contribution in [0.15, 0.2) is 24.5 Å². The molecule has 1 aromatic carbocycles. The minimum atomic E-state index is -0.532. The number of halogens is 2. The van der Waals surface area contributed by atoms with Crippen LogP contribution in [0.1, 0.15) is 49.5 Å². The molecule has 1 atom stereocenters. The maximum atomic E-state index is 14.0. The SMILES string of the molecule is Fc1ccc(CN2CCCC[C@@H]2c2nncn2CC2CC2)c(F)c1. The van der Waals surface area contributed by atoms with Crippen LogP contribution in [-0.2, 0) is 13.1 Å². The molecule has 0 N–H and O–H groups in total. The van der Waals surface area contributed by atoms with Gasteiger partial charge in [0.05, 0.1) is 6.04 Å². The highest BCUT2D eigenvalue weighted by molar-refractivity contribution is 5.19. The lowest BCUT2D eigenvalue weighted by molar-refractivity contribution is 0.128. The Bertz CT molecular complexity index is 711. The highest BCUT2D eigenvalue weighted by Crippen LogP contribution is 2.34. The molecule has 24 heavy (non-hydrogen) atoms. The molecule has 4 nitrogen and oxygen atoms in total. The fraction of sp³-hybridized carbons (Fsp3) is 0.556. The Morgan fingerprint density at radius 2 is 2.00 bits per heavy atom. The summed E-state index contributed by atoms with van der Waals surface area (Å²) in [5.41, 5.74) is 0.538. The quantitative estimate of drug-likeness (QED) is 0.837. The Labute approximate surface area is 140 Å². The number of benzene rings is 1. The lowest BCUT2D eigenvalue weighted by Gasteiger charge is -2.35. The molecule has 2 aliphatic rings. The van der Waals surface area contributed by atoms with Crippen LogP contribution in [0.5, 0.6) is 0 Å². The number of hydrogen-bond donors (Lipinski definition) is 0. The summed E-state index contributed by atoms with van der Waals surface area (Å²) in [7, 11) is 0. The number of hydrogen-bond acceptors (Lipinski definition) is 3. The minimum Gasteiger partial charge on any atom is -0.316 e.